The Bertz CT molecular complexity index is 136. The van der Waals surface area contributed by atoms with Gasteiger partial charge in [0.15, 0.2) is 0 Å². The fourth-order valence-electron chi connectivity index (χ4n) is 0.696. The zero-order valence-electron chi connectivity index (χ0n) is 6.96. The van der Waals surface area contributed by atoms with Crippen molar-refractivity contribution in [3.05, 3.63) is 0 Å². The van der Waals surface area contributed by atoms with Crippen molar-refractivity contribution < 1.29 is 9.59 Å². The van der Waals surface area contributed by atoms with E-state index in [0.717, 1.165) is 11.3 Å². The van der Waals surface area contributed by atoms with E-state index in [0.29, 0.717) is 19.5 Å². The molecule has 0 bridgehead atoms. The maximum absolute atomic E-state index is 10.9. The molecule has 0 aliphatic rings. The van der Waals surface area contributed by atoms with Gasteiger partial charge in [-0.3, -0.25) is 9.69 Å². The molecule has 0 heterocycles. The van der Waals surface area contributed by atoms with Gasteiger partial charge < -0.3 is 5.32 Å². The standard InChI is InChI=1S/C7H14N2O2/c1-3-5-9(6-10)7(11)8-4-2/h6H,3-5H2,1-2H3,(H,8,11). The maximum atomic E-state index is 10.9. The summed E-state index contributed by atoms with van der Waals surface area (Å²) < 4.78 is 0. The van der Waals surface area contributed by atoms with Gasteiger partial charge in [-0.1, -0.05) is 6.92 Å². The second-order valence-electron chi connectivity index (χ2n) is 2.13. The molecule has 0 aromatic rings. The van der Waals surface area contributed by atoms with E-state index >= 15 is 0 Å². The highest BCUT2D eigenvalue weighted by Gasteiger charge is 2.08. The summed E-state index contributed by atoms with van der Waals surface area (Å²) in [6, 6.07) is -0.315. The van der Waals surface area contributed by atoms with E-state index in [-0.39, 0.29) is 6.03 Å². The Morgan fingerprint density at radius 1 is 1.55 bits per heavy atom. The number of imide groups is 1. The lowest BCUT2D eigenvalue weighted by Gasteiger charge is -2.13. The second-order valence-corrected chi connectivity index (χ2v) is 2.13. The van der Waals surface area contributed by atoms with E-state index in [1.807, 2.05) is 13.8 Å². The van der Waals surface area contributed by atoms with Crippen LogP contribution in [0, 0.1) is 0 Å². The van der Waals surface area contributed by atoms with Gasteiger partial charge in [0.2, 0.25) is 6.41 Å². The Labute approximate surface area is 66.6 Å². The number of nitrogens with one attached hydrogen (secondary N) is 1. The van der Waals surface area contributed by atoms with Gasteiger partial charge in [-0.05, 0) is 13.3 Å². The summed E-state index contributed by atoms with van der Waals surface area (Å²) >= 11 is 0. The van der Waals surface area contributed by atoms with E-state index in [1.165, 1.54) is 0 Å². The van der Waals surface area contributed by atoms with E-state index < -0.39 is 0 Å². The average Bonchev–Trinajstić information content (AvgIpc) is 2.00. The summed E-state index contributed by atoms with van der Waals surface area (Å²) in [6.07, 6.45) is 1.34. The third kappa shape index (κ3) is 3.60. The number of urea groups is 1. The predicted molar refractivity (Wildman–Crippen MR) is 42.1 cm³/mol. The van der Waals surface area contributed by atoms with Crippen molar-refractivity contribution in [2.24, 2.45) is 0 Å². The molecule has 0 unspecified atom stereocenters. The van der Waals surface area contributed by atoms with E-state index in [1.54, 1.807) is 0 Å². The average molecular weight is 158 g/mol. The highest BCUT2D eigenvalue weighted by Crippen LogP contribution is 1.87. The normalized spacial score (nSPS) is 8.91. The molecule has 0 radical (unpaired) electrons. The van der Waals surface area contributed by atoms with Crippen molar-refractivity contribution >= 4 is 12.4 Å². The van der Waals surface area contributed by atoms with E-state index in [4.69, 9.17) is 0 Å². The highest BCUT2D eigenvalue weighted by atomic mass is 16.2. The minimum Gasteiger partial charge on any atom is -0.338 e. The van der Waals surface area contributed by atoms with Crippen LogP contribution in [0.15, 0.2) is 0 Å². The lowest BCUT2D eigenvalue weighted by Crippen LogP contribution is -2.39. The first-order chi connectivity index (χ1) is 5.26. The Balaban J connectivity index is 3.81. The molecule has 0 aromatic carbocycles. The maximum Gasteiger partial charge on any atom is 0.323 e. The van der Waals surface area contributed by atoms with Crippen molar-refractivity contribution in [3.63, 3.8) is 0 Å². The second kappa shape index (κ2) is 5.70. The summed E-state index contributed by atoms with van der Waals surface area (Å²) in [4.78, 5) is 22.4. The van der Waals surface area contributed by atoms with Gasteiger partial charge in [-0.25, -0.2) is 4.79 Å². The van der Waals surface area contributed by atoms with E-state index in [9.17, 15) is 9.59 Å². The first-order valence-corrected chi connectivity index (χ1v) is 3.76. The number of carbonyl (C=O) groups is 2. The van der Waals surface area contributed by atoms with Crippen LogP contribution in [0.2, 0.25) is 0 Å². The summed E-state index contributed by atoms with van der Waals surface area (Å²) in [5, 5.41) is 2.54. The molecule has 64 valence electrons. The monoisotopic (exact) mass is 158 g/mol. The third-order valence-electron chi connectivity index (χ3n) is 1.18. The SMILES string of the molecule is CCCN(C=O)C(=O)NCC. The quantitative estimate of drug-likeness (QED) is 0.608. The van der Waals surface area contributed by atoms with Crippen LogP contribution >= 0.6 is 0 Å². The number of carbonyl (C=O) groups excluding carboxylic acids is 2. The summed E-state index contributed by atoms with van der Waals surface area (Å²) in [5.74, 6) is 0. The van der Waals surface area contributed by atoms with Crippen LogP contribution in [0.25, 0.3) is 0 Å². The first kappa shape index (κ1) is 9.94. The van der Waals surface area contributed by atoms with Crippen molar-refractivity contribution in [1.82, 2.24) is 10.2 Å². The van der Waals surface area contributed by atoms with Gasteiger partial charge in [-0.15, -0.1) is 0 Å². The molecular weight excluding hydrogens is 144 g/mol. The molecule has 4 heteroatoms. The van der Waals surface area contributed by atoms with Gasteiger partial charge in [0.1, 0.15) is 0 Å². The van der Waals surface area contributed by atoms with Gasteiger partial charge >= 0.3 is 6.03 Å². The van der Waals surface area contributed by atoms with Crippen LogP contribution in [0.3, 0.4) is 0 Å². The van der Waals surface area contributed by atoms with Crippen LogP contribution in [0.1, 0.15) is 20.3 Å². The van der Waals surface area contributed by atoms with Crippen molar-refractivity contribution in [2.75, 3.05) is 13.1 Å². The van der Waals surface area contributed by atoms with Crippen LogP contribution in [0.4, 0.5) is 4.79 Å². The smallest absolute Gasteiger partial charge is 0.323 e. The lowest BCUT2D eigenvalue weighted by molar-refractivity contribution is -0.115. The Hall–Kier alpha value is -1.06. The van der Waals surface area contributed by atoms with Gasteiger partial charge in [0.25, 0.3) is 0 Å². The molecule has 0 aromatic heterocycles. The molecule has 0 saturated heterocycles. The van der Waals surface area contributed by atoms with Crippen LogP contribution < -0.4 is 5.32 Å². The zero-order valence-corrected chi connectivity index (χ0v) is 6.96. The minimum atomic E-state index is -0.315. The van der Waals surface area contributed by atoms with Crippen LogP contribution in [-0.2, 0) is 4.79 Å². The summed E-state index contributed by atoms with van der Waals surface area (Å²) in [6.45, 7) is 4.75. The van der Waals surface area contributed by atoms with Crippen molar-refractivity contribution in [3.8, 4) is 0 Å². The van der Waals surface area contributed by atoms with Gasteiger partial charge in [0, 0.05) is 13.1 Å². The number of nitrogens with zero attached hydrogens (tertiary/aromatic N) is 1. The largest absolute Gasteiger partial charge is 0.338 e. The molecule has 0 aliphatic carbocycles. The third-order valence-corrected chi connectivity index (χ3v) is 1.18. The zero-order chi connectivity index (χ0) is 8.69. The molecule has 3 amide bonds. The Morgan fingerprint density at radius 3 is 2.55 bits per heavy atom. The predicted octanol–water partition coefficient (Wildman–Crippen LogP) is 0.584. The number of hydrogen-bond donors (Lipinski definition) is 1. The Kier molecular flexibility index (Phi) is 5.15. The molecule has 1 N–H and O–H groups in total. The minimum absolute atomic E-state index is 0.315. The number of amides is 3. The molecule has 0 aliphatic heterocycles. The molecule has 0 rings (SSSR count). The molecule has 0 fully saturated rings. The van der Waals surface area contributed by atoms with Gasteiger partial charge in [-0.2, -0.15) is 0 Å². The van der Waals surface area contributed by atoms with Gasteiger partial charge in [0.05, 0.1) is 0 Å². The molecule has 0 atom stereocenters. The lowest BCUT2D eigenvalue weighted by atomic mass is 10.4. The molecular formula is C7H14N2O2. The Morgan fingerprint density at radius 2 is 2.18 bits per heavy atom. The molecule has 0 spiro atoms. The van der Waals surface area contributed by atoms with Crippen LogP contribution in [-0.4, -0.2) is 30.4 Å². The fourth-order valence-corrected chi connectivity index (χ4v) is 0.696. The molecule has 0 saturated carbocycles. The van der Waals surface area contributed by atoms with E-state index in [2.05, 4.69) is 5.32 Å². The topological polar surface area (TPSA) is 49.4 Å². The first-order valence-electron chi connectivity index (χ1n) is 3.76. The summed E-state index contributed by atoms with van der Waals surface area (Å²) in [5.41, 5.74) is 0. The number of rotatable bonds is 4. The molecule has 4 nitrogen and oxygen atoms in total. The molecule has 11 heavy (non-hydrogen) atoms. The van der Waals surface area contributed by atoms with Crippen molar-refractivity contribution in [1.29, 1.82) is 0 Å². The van der Waals surface area contributed by atoms with Crippen LogP contribution in [0.5, 0.6) is 0 Å². The highest BCUT2D eigenvalue weighted by molar-refractivity contribution is 5.84. The fraction of sp³-hybridized carbons (Fsp3) is 0.714. The number of hydrogen-bond acceptors (Lipinski definition) is 2. The van der Waals surface area contributed by atoms with Crippen molar-refractivity contribution in [2.45, 2.75) is 20.3 Å². The summed E-state index contributed by atoms with van der Waals surface area (Å²) in [7, 11) is 0.